The molecule has 0 aromatic heterocycles. The highest BCUT2D eigenvalue weighted by molar-refractivity contribution is 4.80. The van der Waals surface area contributed by atoms with Gasteiger partial charge in [0, 0.05) is 118 Å². The lowest BCUT2D eigenvalue weighted by Crippen LogP contribution is -2.30. The second-order valence-corrected chi connectivity index (χ2v) is 21.0. The van der Waals surface area contributed by atoms with Gasteiger partial charge in [-0.1, -0.05) is 0 Å². The number of nitrogens with zero attached hydrogens (tertiary/aromatic N) is 10. The predicted octanol–water partition coefficient (Wildman–Crippen LogP) is 3.28. The number of ether oxygens (including phenoxy) is 2. The van der Waals surface area contributed by atoms with Crippen LogP contribution in [0.5, 0.6) is 0 Å². The second-order valence-electron chi connectivity index (χ2n) is 21.0. The highest BCUT2D eigenvalue weighted by Gasteiger charge is 2.36. The number of rotatable bonds is 3. The lowest BCUT2D eigenvalue weighted by molar-refractivity contribution is 0.0145. The molecule has 9 aliphatic heterocycles. The summed E-state index contributed by atoms with van der Waals surface area (Å²) in [7, 11) is 26.1. The molecule has 0 amide bonds. The van der Waals surface area contributed by atoms with Crippen molar-refractivity contribution >= 4 is 0 Å². The normalized spacial score (nSPS) is 31.6. The van der Waals surface area contributed by atoms with Crippen molar-refractivity contribution in [2.24, 2.45) is 0 Å². The lowest BCUT2D eigenvalue weighted by Gasteiger charge is -2.17. The van der Waals surface area contributed by atoms with Crippen LogP contribution in [0.3, 0.4) is 0 Å². The summed E-state index contributed by atoms with van der Waals surface area (Å²) in [6.07, 6.45) is 9.77. The summed E-state index contributed by atoms with van der Waals surface area (Å²) in [5.41, 5.74) is 0. The van der Waals surface area contributed by atoms with Crippen molar-refractivity contribution in [1.82, 2.24) is 49.0 Å². The average molecular weight is 973 g/mol. The molecule has 0 bridgehead atoms. The number of hydrogen-bond acceptors (Lipinski definition) is 14. The Labute approximate surface area is 407 Å². The van der Waals surface area contributed by atoms with Crippen molar-refractivity contribution in [3.63, 3.8) is 0 Å². The Morgan fingerprint density at radius 1 is 0.433 bits per heavy atom. The molecular formula is C49H104F4N10O4. The second kappa shape index (κ2) is 36.1. The van der Waals surface area contributed by atoms with Crippen molar-refractivity contribution in [1.29, 1.82) is 0 Å². The molecule has 67 heavy (non-hydrogen) atoms. The number of aliphatic hydroxyl groups excluding tert-OH is 2. The van der Waals surface area contributed by atoms with Crippen molar-refractivity contribution in [2.75, 3.05) is 210 Å². The molecule has 1 unspecified atom stereocenters. The van der Waals surface area contributed by atoms with Gasteiger partial charge in [-0.25, -0.2) is 17.6 Å². The zero-order chi connectivity index (χ0) is 50.5. The smallest absolute Gasteiger partial charge is 0.261 e. The summed E-state index contributed by atoms with van der Waals surface area (Å²) >= 11 is 0. The van der Waals surface area contributed by atoms with Gasteiger partial charge in [0.2, 0.25) is 0 Å². The molecule has 0 aromatic carbocycles. The Hall–Kier alpha value is -0.840. The number of methoxy groups -OCH3 is 2. The first-order valence-corrected chi connectivity index (χ1v) is 25.4. The van der Waals surface area contributed by atoms with Gasteiger partial charge >= 0.3 is 0 Å². The Kier molecular flexibility index (Phi) is 34.6. The average Bonchev–Trinajstić information content (AvgIpc) is 4.11. The van der Waals surface area contributed by atoms with E-state index in [9.17, 15) is 17.6 Å². The van der Waals surface area contributed by atoms with Crippen molar-refractivity contribution in [2.45, 2.75) is 113 Å². The summed E-state index contributed by atoms with van der Waals surface area (Å²) in [6.45, 7) is 17.2. The number of hydrogen-bond donors (Lipinski definition) is 2. The van der Waals surface area contributed by atoms with Crippen molar-refractivity contribution in [3.8, 4) is 0 Å². The van der Waals surface area contributed by atoms with Crippen molar-refractivity contribution < 1.29 is 37.2 Å². The first kappa shape index (κ1) is 64.2. The number of aliphatic hydroxyl groups is 2. The van der Waals surface area contributed by atoms with Crippen LogP contribution in [0.25, 0.3) is 0 Å². The molecule has 9 aliphatic rings. The fourth-order valence-electron chi connectivity index (χ4n) is 8.88. The Morgan fingerprint density at radius 2 is 0.791 bits per heavy atom. The largest absolute Gasteiger partial charge is 0.392 e. The van der Waals surface area contributed by atoms with Gasteiger partial charge in [-0.05, 0) is 155 Å². The fourth-order valence-corrected chi connectivity index (χ4v) is 8.88. The molecule has 18 heteroatoms. The minimum absolute atomic E-state index is 0.0312. The number of likely N-dealkylation sites (tertiary alicyclic amines) is 9. The quantitative estimate of drug-likeness (QED) is 0.406. The van der Waals surface area contributed by atoms with Gasteiger partial charge in [0.1, 0.15) is 12.3 Å². The van der Waals surface area contributed by atoms with E-state index in [1.165, 1.54) is 71.4 Å². The van der Waals surface area contributed by atoms with Gasteiger partial charge in [0.05, 0.1) is 31.0 Å². The third-order valence-corrected chi connectivity index (χ3v) is 13.6. The Bertz CT molecular complexity index is 1070. The molecule has 7 atom stereocenters. The monoisotopic (exact) mass is 973 g/mol. The summed E-state index contributed by atoms with van der Waals surface area (Å²) in [5, 5.41) is 17.7. The highest BCUT2D eigenvalue weighted by atomic mass is 19.3. The van der Waals surface area contributed by atoms with E-state index in [1.807, 2.05) is 38.0 Å². The van der Waals surface area contributed by atoms with E-state index in [-0.39, 0.29) is 25.2 Å². The summed E-state index contributed by atoms with van der Waals surface area (Å²) in [5.74, 6) is -2.41. The van der Waals surface area contributed by atoms with Crippen LogP contribution in [0.1, 0.15) is 64.2 Å². The maximum atomic E-state index is 12.2. The van der Waals surface area contributed by atoms with E-state index in [1.54, 1.807) is 26.2 Å². The maximum absolute atomic E-state index is 12.2. The number of halogens is 4. The summed E-state index contributed by atoms with van der Waals surface area (Å²) in [4.78, 5) is 21.5. The standard InChI is InChI=1S/C7H16N2.2C6H13NO.C5H9F2N.2C5H10FN.2C5H11NO.C5H11N/c1-8(2)7-4-5-9(3)6-7;2*1-7-4-3-6(5-7)8-2;1-8-3-2-5(6,7)4-8;2*1-7-3-2-5(6)4-7;2*1-6-3-2-5(7)4-6;1-6-4-2-3-5-6/h7H,4-6H2,1-3H3;2*6H,3-5H2,1-2H3;2-4H2,1H3;2*5H,2-4H2,1H3;2*5,7H,2-4H2,1H3;2-5H2,1H3/t;2*6-;;4*5-;/m.10.1010./s1. The molecule has 2 N–H and O–H groups in total. The molecule has 0 aromatic rings. The molecule has 9 rings (SSSR count). The molecule has 0 aliphatic carbocycles. The maximum Gasteiger partial charge on any atom is 0.261 e. The molecule has 9 heterocycles. The Morgan fingerprint density at radius 3 is 0.910 bits per heavy atom. The molecule has 0 spiro atoms. The predicted molar refractivity (Wildman–Crippen MR) is 269 cm³/mol. The van der Waals surface area contributed by atoms with Crippen LogP contribution < -0.4 is 0 Å². The third kappa shape index (κ3) is 33.4. The topological polar surface area (TPSA) is 91.3 Å². The van der Waals surface area contributed by atoms with Gasteiger partial charge < -0.3 is 68.7 Å². The van der Waals surface area contributed by atoms with Crippen molar-refractivity contribution in [3.05, 3.63) is 0 Å². The minimum Gasteiger partial charge on any atom is -0.392 e. The molecular weight excluding hydrogens is 869 g/mol. The number of likely N-dealkylation sites (N-methyl/N-ethyl adjacent to an activating group) is 6. The fraction of sp³-hybridized carbons (Fsp3) is 1.00. The number of β-amino-alcohol motifs (C(OH)–C–C–N with tert-alkyl or cyclic N) is 2. The van der Waals surface area contributed by atoms with Gasteiger partial charge in [0.25, 0.3) is 5.92 Å². The van der Waals surface area contributed by atoms with Gasteiger partial charge in [0.15, 0.2) is 0 Å². The minimum atomic E-state index is -2.41. The lowest BCUT2D eigenvalue weighted by atomic mass is 10.2. The van der Waals surface area contributed by atoms with Crippen LogP contribution >= 0.6 is 0 Å². The molecule has 0 saturated carbocycles. The van der Waals surface area contributed by atoms with Gasteiger partial charge in [-0.2, -0.15) is 0 Å². The van der Waals surface area contributed by atoms with Crippen LogP contribution in [0, 0.1) is 0 Å². The van der Waals surface area contributed by atoms with Crippen LogP contribution in [0.15, 0.2) is 0 Å². The molecule has 402 valence electrons. The molecule has 0 radical (unpaired) electrons. The third-order valence-electron chi connectivity index (χ3n) is 13.6. The van der Waals surface area contributed by atoms with E-state index in [0.29, 0.717) is 31.8 Å². The zero-order valence-corrected chi connectivity index (χ0v) is 45.0. The number of alkyl halides is 4. The van der Waals surface area contributed by atoms with Gasteiger partial charge in [-0.15, -0.1) is 0 Å². The van der Waals surface area contributed by atoms with Crippen LogP contribution in [0.2, 0.25) is 0 Å². The molecule has 14 nitrogen and oxygen atoms in total. The first-order valence-electron chi connectivity index (χ1n) is 25.4. The first-order chi connectivity index (χ1) is 31.5. The van der Waals surface area contributed by atoms with E-state index < -0.39 is 18.3 Å². The van der Waals surface area contributed by atoms with Gasteiger partial charge in [-0.3, -0.25) is 0 Å². The van der Waals surface area contributed by atoms with Crippen LogP contribution in [-0.2, 0) is 9.47 Å². The van der Waals surface area contributed by atoms with E-state index >= 15 is 0 Å². The highest BCUT2D eigenvalue weighted by Crippen LogP contribution is 2.25. The van der Waals surface area contributed by atoms with E-state index in [0.717, 1.165) is 84.1 Å². The Balaban J connectivity index is 0.000000378. The summed E-state index contributed by atoms with van der Waals surface area (Å²) in [6, 6.07) is 0.801. The molecule has 9 fully saturated rings. The van der Waals surface area contributed by atoms with E-state index in [4.69, 9.17) is 19.7 Å². The molecule has 9 saturated heterocycles. The van der Waals surface area contributed by atoms with Crippen LogP contribution in [0.4, 0.5) is 17.6 Å². The SMILES string of the molecule is CN1CCC(F)(F)C1.CN1CCC(N(C)C)C1.CN1CCCC1.CN1CC[C@@H](F)C1.CN1CC[C@@H](O)C1.CN1CC[C@H](F)C1.CN1CC[C@H](O)C1.CO[C@@H]1CCN(C)C1.CO[C@H]1CCN(C)C1. The zero-order valence-electron chi connectivity index (χ0n) is 45.0. The van der Waals surface area contributed by atoms with Crippen LogP contribution in [-0.4, -0.2) is 317 Å². The summed E-state index contributed by atoms with van der Waals surface area (Å²) < 4.78 is 58.9. The van der Waals surface area contributed by atoms with E-state index in [2.05, 4.69) is 76.6 Å².